The second kappa shape index (κ2) is 9.84. The van der Waals surface area contributed by atoms with E-state index in [0.29, 0.717) is 16.8 Å². The minimum Gasteiger partial charge on any atom is -0.303 e. The van der Waals surface area contributed by atoms with Crippen LogP contribution in [0.15, 0.2) is 46.7 Å². The molecule has 0 bridgehead atoms. The number of allylic oxidation sites excluding steroid dienone is 1. The van der Waals surface area contributed by atoms with Crippen LogP contribution in [-0.4, -0.2) is 50.1 Å². The molecule has 33 heavy (non-hydrogen) atoms. The fourth-order valence-corrected chi connectivity index (χ4v) is 5.74. The summed E-state index contributed by atoms with van der Waals surface area (Å²) in [4.78, 5) is 6.70. The van der Waals surface area contributed by atoms with Gasteiger partial charge in [-0.3, -0.25) is 0 Å². The van der Waals surface area contributed by atoms with Gasteiger partial charge in [0.05, 0.1) is 5.56 Å². The average Bonchev–Trinajstić information content (AvgIpc) is 3.12. The molecular weight excluding hydrogens is 467 g/mol. The predicted octanol–water partition coefficient (Wildman–Crippen LogP) is 5.41. The Morgan fingerprint density at radius 3 is 2.76 bits per heavy atom. The number of nitrogens with zero attached hydrogens (tertiary/aromatic N) is 5. The normalized spacial score (nSPS) is 23.8. The SMILES string of the molecule is C/C=C\N=C(/S)c1nnc(SCCCN2CC[C@]3(C[C@@H]3c3ccc(C(F)(F)F)cc3)C2)n1C. The van der Waals surface area contributed by atoms with Crippen LogP contribution in [0.5, 0.6) is 0 Å². The molecule has 0 amide bonds. The summed E-state index contributed by atoms with van der Waals surface area (Å²) in [7, 11) is 1.91. The van der Waals surface area contributed by atoms with Crippen molar-refractivity contribution in [2.45, 2.75) is 43.4 Å². The fourth-order valence-electron chi connectivity index (χ4n) is 4.64. The molecule has 5 nitrogen and oxygen atoms in total. The second-order valence-corrected chi connectivity index (χ2v) is 10.3. The topological polar surface area (TPSA) is 46.3 Å². The van der Waals surface area contributed by atoms with Crippen LogP contribution in [0.2, 0.25) is 0 Å². The molecule has 4 rings (SSSR count). The predicted molar refractivity (Wildman–Crippen MR) is 129 cm³/mol. The third-order valence-corrected chi connectivity index (χ3v) is 7.95. The number of alkyl halides is 3. The summed E-state index contributed by atoms with van der Waals surface area (Å²) in [6.45, 7) is 4.99. The molecule has 2 aliphatic rings. The number of aliphatic imine (C=N–C) groups is 1. The standard InChI is InChI=1S/C23H28F3N5S2/c1-3-10-27-20(32)19-28-29-21(30(19)2)33-13-4-11-31-12-9-22(15-31)14-18(22)16-5-7-17(8-6-16)23(24,25)26/h3,5-8,10,18H,4,9,11-15H2,1-2H3,(H,27,32)/b10-3-/t18-,22+/m1/s1. The maximum absolute atomic E-state index is 12.8. The first-order valence-electron chi connectivity index (χ1n) is 11.0. The fraction of sp³-hybridized carbons (Fsp3) is 0.522. The lowest BCUT2D eigenvalue weighted by atomic mass is 9.97. The zero-order valence-corrected chi connectivity index (χ0v) is 20.4. The van der Waals surface area contributed by atoms with E-state index >= 15 is 0 Å². The molecule has 2 atom stereocenters. The highest BCUT2D eigenvalue weighted by molar-refractivity contribution is 7.99. The molecule has 2 aromatic rings. The molecule has 1 aromatic heterocycles. The van der Waals surface area contributed by atoms with E-state index in [1.807, 2.05) is 24.6 Å². The van der Waals surface area contributed by atoms with Gasteiger partial charge in [-0.05, 0) is 68.3 Å². The highest BCUT2D eigenvalue weighted by atomic mass is 32.2. The van der Waals surface area contributed by atoms with Crippen LogP contribution in [0.25, 0.3) is 0 Å². The third-order valence-electron chi connectivity index (χ3n) is 6.53. The van der Waals surface area contributed by atoms with Crippen LogP contribution in [0.3, 0.4) is 0 Å². The number of thioether (sulfide) groups is 1. The van der Waals surface area contributed by atoms with E-state index in [4.69, 9.17) is 0 Å². The Morgan fingerprint density at radius 1 is 1.30 bits per heavy atom. The van der Waals surface area contributed by atoms with E-state index in [-0.39, 0.29) is 5.41 Å². The van der Waals surface area contributed by atoms with Crippen LogP contribution in [0.1, 0.15) is 49.1 Å². The lowest BCUT2D eigenvalue weighted by Crippen LogP contribution is -2.23. The Morgan fingerprint density at radius 2 is 2.06 bits per heavy atom. The Kier molecular flexibility index (Phi) is 7.26. The van der Waals surface area contributed by atoms with E-state index in [2.05, 4.69) is 32.7 Å². The van der Waals surface area contributed by atoms with Gasteiger partial charge in [0.2, 0.25) is 0 Å². The van der Waals surface area contributed by atoms with Gasteiger partial charge in [0.25, 0.3) is 0 Å². The Balaban J connectivity index is 1.23. The molecule has 1 spiro atoms. The molecule has 10 heteroatoms. The van der Waals surface area contributed by atoms with Crippen LogP contribution in [0, 0.1) is 5.41 Å². The van der Waals surface area contributed by atoms with E-state index < -0.39 is 11.7 Å². The van der Waals surface area contributed by atoms with E-state index in [9.17, 15) is 13.2 Å². The third kappa shape index (κ3) is 5.49. The van der Waals surface area contributed by atoms with Crippen molar-refractivity contribution >= 4 is 29.4 Å². The number of hydrogen-bond acceptors (Lipinski definition) is 5. The summed E-state index contributed by atoms with van der Waals surface area (Å²) in [6, 6.07) is 5.75. The summed E-state index contributed by atoms with van der Waals surface area (Å²) >= 11 is 6.06. The number of rotatable bonds is 8. The summed E-state index contributed by atoms with van der Waals surface area (Å²) in [5, 5.41) is 9.81. The van der Waals surface area contributed by atoms with Gasteiger partial charge in [0.1, 0.15) is 5.04 Å². The molecule has 1 aliphatic carbocycles. The van der Waals surface area contributed by atoms with E-state index in [1.54, 1.807) is 30.1 Å². The van der Waals surface area contributed by atoms with Crippen LogP contribution in [0.4, 0.5) is 13.2 Å². The van der Waals surface area contributed by atoms with Crippen molar-refractivity contribution in [2.75, 3.05) is 25.4 Å². The highest BCUT2D eigenvalue weighted by Gasteiger charge is 2.57. The molecule has 2 heterocycles. The average molecular weight is 496 g/mol. The van der Waals surface area contributed by atoms with Crippen molar-refractivity contribution < 1.29 is 13.2 Å². The second-order valence-electron chi connectivity index (χ2n) is 8.77. The molecule has 1 aromatic carbocycles. The monoisotopic (exact) mass is 495 g/mol. The molecule has 0 N–H and O–H groups in total. The van der Waals surface area contributed by atoms with Gasteiger partial charge in [0, 0.05) is 25.5 Å². The van der Waals surface area contributed by atoms with Crippen molar-refractivity contribution in [2.24, 2.45) is 17.5 Å². The zero-order valence-electron chi connectivity index (χ0n) is 18.7. The molecule has 1 saturated heterocycles. The summed E-state index contributed by atoms with van der Waals surface area (Å²) in [5.74, 6) is 1.96. The van der Waals surface area contributed by atoms with Crippen molar-refractivity contribution in [3.05, 3.63) is 53.5 Å². The number of halogens is 3. The molecule has 0 unspecified atom stereocenters. The van der Waals surface area contributed by atoms with Crippen molar-refractivity contribution in [1.29, 1.82) is 0 Å². The molecule has 1 aliphatic heterocycles. The van der Waals surface area contributed by atoms with Crippen molar-refractivity contribution in [3.8, 4) is 0 Å². The van der Waals surface area contributed by atoms with Crippen LogP contribution >= 0.6 is 24.4 Å². The Labute approximate surface area is 202 Å². The molecule has 0 radical (unpaired) electrons. The van der Waals surface area contributed by atoms with Crippen molar-refractivity contribution in [1.82, 2.24) is 19.7 Å². The summed E-state index contributed by atoms with van der Waals surface area (Å²) in [6.07, 6.45) is 2.46. The number of aromatic nitrogens is 3. The van der Waals surface area contributed by atoms with Crippen LogP contribution in [-0.2, 0) is 13.2 Å². The van der Waals surface area contributed by atoms with Crippen molar-refractivity contribution in [3.63, 3.8) is 0 Å². The molecule has 178 valence electrons. The highest BCUT2D eigenvalue weighted by Crippen LogP contribution is 2.64. The van der Waals surface area contributed by atoms with Gasteiger partial charge in [0.15, 0.2) is 11.0 Å². The first kappa shape index (κ1) is 24.3. The van der Waals surface area contributed by atoms with Gasteiger partial charge in [-0.15, -0.1) is 22.8 Å². The number of thiol groups is 1. The van der Waals surface area contributed by atoms with Gasteiger partial charge < -0.3 is 9.47 Å². The Bertz CT molecular complexity index is 1030. The zero-order chi connectivity index (χ0) is 23.6. The Hall–Kier alpha value is -1.78. The minimum absolute atomic E-state index is 0.251. The quantitative estimate of drug-likeness (QED) is 0.175. The first-order valence-corrected chi connectivity index (χ1v) is 12.5. The lowest BCUT2D eigenvalue weighted by Gasteiger charge is -2.16. The maximum Gasteiger partial charge on any atom is 0.416 e. The van der Waals surface area contributed by atoms with Crippen LogP contribution < -0.4 is 0 Å². The van der Waals surface area contributed by atoms with Gasteiger partial charge in [-0.1, -0.05) is 30.0 Å². The lowest BCUT2D eigenvalue weighted by molar-refractivity contribution is -0.137. The first-order chi connectivity index (χ1) is 15.7. The largest absolute Gasteiger partial charge is 0.416 e. The number of hydrogen-bond donors (Lipinski definition) is 1. The van der Waals surface area contributed by atoms with Gasteiger partial charge in [-0.2, -0.15) is 13.2 Å². The summed E-state index contributed by atoms with van der Waals surface area (Å²) < 4.78 is 40.3. The molecule has 1 saturated carbocycles. The number of benzene rings is 1. The van der Waals surface area contributed by atoms with E-state index in [0.717, 1.165) is 55.4 Å². The molecule has 2 fully saturated rings. The summed E-state index contributed by atoms with van der Waals surface area (Å²) in [5.41, 5.74) is 0.720. The van der Waals surface area contributed by atoms with Gasteiger partial charge >= 0.3 is 6.18 Å². The minimum atomic E-state index is -4.27. The van der Waals surface area contributed by atoms with E-state index in [1.165, 1.54) is 12.1 Å². The van der Waals surface area contributed by atoms with Gasteiger partial charge in [-0.25, -0.2) is 4.99 Å². The smallest absolute Gasteiger partial charge is 0.303 e. The number of likely N-dealkylation sites (tertiary alicyclic amines) is 1. The molecular formula is C23H28F3N5S2. The maximum atomic E-state index is 12.8.